The number of nitrogens with zero attached hydrogens (tertiary/aromatic N) is 2. The second kappa shape index (κ2) is 6.63. The molecule has 3 rings (SSSR count). The Morgan fingerprint density at radius 3 is 2.82 bits per heavy atom. The molecule has 0 saturated carbocycles. The van der Waals surface area contributed by atoms with Crippen molar-refractivity contribution in [2.45, 2.75) is 6.42 Å². The summed E-state index contributed by atoms with van der Waals surface area (Å²) >= 11 is 0. The largest absolute Gasteiger partial charge is 0.273 e. The molecule has 0 atom stereocenters. The van der Waals surface area contributed by atoms with Gasteiger partial charge in [0.2, 0.25) is 5.91 Å². The van der Waals surface area contributed by atoms with Crippen LogP contribution in [0.5, 0.6) is 0 Å². The smallest absolute Gasteiger partial charge is 0.244 e. The van der Waals surface area contributed by atoms with Crippen LogP contribution in [0.1, 0.15) is 11.1 Å². The van der Waals surface area contributed by atoms with E-state index in [0.29, 0.717) is 6.42 Å². The summed E-state index contributed by atoms with van der Waals surface area (Å²) in [6.07, 6.45) is 5.25. The van der Waals surface area contributed by atoms with Crippen LogP contribution in [0, 0.1) is 0 Å². The second-order valence-corrected chi connectivity index (χ2v) is 4.89. The van der Waals surface area contributed by atoms with Gasteiger partial charge in [-0.05, 0) is 22.4 Å². The van der Waals surface area contributed by atoms with Crippen LogP contribution >= 0.6 is 0 Å². The highest BCUT2D eigenvalue weighted by molar-refractivity contribution is 5.90. The van der Waals surface area contributed by atoms with Crippen molar-refractivity contribution in [1.29, 1.82) is 0 Å². The highest BCUT2D eigenvalue weighted by atomic mass is 16.2. The molecule has 4 nitrogen and oxygen atoms in total. The van der Waals surface area contributed by atoms with Crippen molar-refractivity contribution < 1.29 is 4.79 Å². The van der Waals surface area contributed by atoms with Gasteiger partial charge in [-0.15, -0.1) is 0 Å². The number of nitrogens with one attached hydrogen (secondary N) is 1. The van der Waals surface area contributed by atoms with Crippen LogP contribution in [0.15, 0.2) is 72.1 Å². The lowest BCUT2D eigenvalue weighted by Crippen LogP contribution is -2.19. The molecular formula is C18H15N3O. The van der Waals surface area contributed by atoms with Gasteiger partial charge in [0.05, 0.1) is 12.6 Å². The van der Waals surface area contributed by atoms with Crippen LogP contribution < -0.4 is 5.43 Å². The minimum Gasteiger partial charge on any atom is -0.273 e. The zero-order chi connectivity index (χ0) is 15.2. The third kappa shape index (κ3) is 3.35. The van der Waals surface area contributed by atoms with Crippen LogP contribution in [0.25, 0.3) is 10.8 Å². The molecule has 1 amide bonds. The highest BCUT2D eigenvalue weighted by Gasteiger charge is 2.05. The summed E-state index contributed by atoms with van der Waals surface area (Å²) in [6.45, 7) is 0. The number of pyridine rings is 1. The molecule has 0 aliphatic rings. The predicted molar refractivity (Wildman–Crippen MR) is 87.6 cm³/mol. The molecule has 108 valence electrons. The van der Waals surface area contributed by atoms with Gasteiger partial charge in [0, 0.05) is 18.0 Å². The monoisotopic (exact) mass is 289 g/mol. The van der Waals surface area contributed by atoms with Crippen LogP contribution in [-0.2, 0) is 11.2 Å². The maximum Gasteiger partial charge on any atom is 0.244 e. The molecule has 0 radical (unpaired) electrons. The van der Waals surface area contributed by atoms with Crippen molar-refractivity contribution in [2.75, 3.05) is 0 Å². The van der Waals surface area contributed by atoms with Gasteiger partial charge in [-0.1, -0.05) is 48.5 Å². The van der Waals surface area contributed by atoms with Gasteiger partial charge in [-0.2, -0.15) is 5.10 Å². The molecule has 0 unspecified atom stereocenters. The molecule has 1 aromatic heterocycles. The van der Waals surface area contributed by atoms with Crippen LogP contribution in [-0.4, -0.2) is 17.1 Å². The minimum atomic E-state index is -0.142. The Bertz CT molecular complexity index is 807. The van der Waals surface area contributed by atoms with E-state index < -0.39 is 0 Å². The Kier molecular flexibility index (Phi) is 4.20. The Labute approximate surface area is 128 Å². The van der Waals surface area contributed by atoms with Gasteiger partial charge in [0.25, 0.3) is 0 Å². The summed E-state index contributed by atoms with van der Waals surface area (Å²) in [6, 6.07) is 17.7. The highest BCUT2D eigenvalue weighted by Crippen LogP contribution is 2.18. The number of hydrazone groups is 1. The molecule has 1 heterocycles. The van der Waals surface area contributed by atoms with Crippen molar-refractivity contribution >= 4 is 22.9 Å². The first-order chi connectivity index (χ1) is 10.8. The molecule has 2 aromatic carbocycles. The van der Waals surface area contributed by atoms with Crippen molar-refractivity contribution in [1.82, 2.24) is 10.4 Å². The molecule has 0 saturated heterocycles. The van der Waals surface area contributed by atoms with Crippen molar-refractivity contribution in [3.05, 3.63) is 78.1 Å². The molecule has 4 heteroatoms. The lowest BCUT2D eigenvalue weighted by molar-refractivity contribution is -0.120. The van der Waals surface area contributed by atoms with Crippen LogP contribution in [0.2, 0.25) is 0 Å². The predicted octanol–water partition coefficient (Wildman–Crippen LogP) is 2.93. The second-order valence-electron chi connectivity index (χ2n) is 4.89. The molecular weight excluding hydrogens is 274 g/mol. The molecule has 0 fully saturated rings. The first-order valence-electron chi connectivity index (χ1n) is 7.01. The van der Waals surface area contributed by atoms with Gasteiger partial charge < -0.3 is 0 Å². The van der Waals surface area contributed by atoms with E-state index in [4.69, 9.17) is 0 Å². The fraction of sp³-hybridized carbons (Fsp3) is 0.0556. The first-order valence-corrected chi connectivity index (χ1v) is 7.01. The fourth-order valence-corrected chi connectivity index (χ4v) is 2.29. The zero-order valence-electron chi connectivity index (χ0n) is 11.9. The summed E-state index contributed by atoms with van der Waals surface area (Å²) in [5.41, 5.74) is 4.38. The Morgan fingerprint density at radius 1 is 1.09 bits per heavy atom. The maximum absolute atomic E-state index is 12.0. The average molecular weight is 289 g/mol. The normalized spacial score (nSPS) is 10.9. The van der Waals surface area contributed by atoms with E-state index in [9.17, 15) is 4.79 Å². The minimum absolute atomic E-state index is 0.142. The van der Waals surface area contributed by atoms with E-state index in [1.807, 2.05) is 54.6 Å². The molecule has 22 heavy (non-hydrogen) atoms. The summed E-state index contributed by atoms with van der Waals surface area (Å²) in [7, 11) is 0. The Morgan fingerprint density at radius 2 is 1.95 bits per heavy atom. The molecule has 0 spiro atoms. The standard InChI is InChI=1S/C18H15N3O/c22-18(21-20-13-14-5-4-10-19-12-14)11-16-8-3-7-15-6-1-2-9-17(15)16/h1-10,12-13H,11H2,(H,21,22)/b20-13+. The van der Waals surface area contributed by atoms with Gasteiger partial charge in [-0.25, -0.2) is 5.43 Å². The number of fused-ring (bicyclic) bond motifs is 1. The lowest BCUT2D eigenvalue weighted by Gasteiger charge is -2.05. The summed E-state index contributed by atoms with van der Waals surface area (Å²) in [5.74, 6) is -0.142. The number of aromatic nitrogens is 1. The number of carbonyl (C=O) groups excluding carboxylic acids is 1. The molecule has 3 aromatic rings. The zero-order valence-corrected chi connectivity index (χ0v) is 11.9. The quantitative estimate of drug-likeness (QED) is 0.593. The summed E-state index contributed by atoms with van der Waals surface area (Å²) in [4.78, 5) is 16.0. The van der Waals surface area contributed by atoms with Crippen LogP contribution in [0.3, 0.4) is 0 Å². The Hall–Kier alpha value is -3.01. The van der Waals surface area contributed by atoms with Gasteiger partial charge >= 0.3 is 0 Å². The van der Waals surface area contributed by atoms with E-state index >= 15 is 0 Å². The van der Waals surface area contributed by atoms with Gasteiger partial charge in [0.1, 0.15) is 0 Å². The summed E-state index contributed by atoms with van der Waals surface area (Å²) in [5, 5.41) is 6.18. The van der Waals surface area contributed by atoms with Crippen LogP contribution in [0.4, 0.5) is 0 Å². The molecule has 0 aliphatic carbocycles. The fourth-order valence-electron chi connectivity index (χ4n) is 2.29. The van der Waals surface area contributed by atoms with E-state index in [1.165, 1.54) is 0 Å². The third-order valence-electron chi connectivity index (χ3n) is 3.32. The number of carbonyl (C=O) groups is 1. The van der Waals surface area contributed by atoms with Crippen molar-refractivity contribution in [2.24, 2.45) is 5.10 Å². The molecule has 0 bridgehead atoms. The lowest BCUT2D eigenvalue weighted by atomic mass is 10.0. The Balaban J connectivity index is 1.67. The molecule has 1 N–H and O–H groups in total. The van der Waals surface area contributed by atoms with E-state index in [2.05, 4.69) is 15.5 Å². The van der Waals surface area contributed by atoms with Gasteiger partial charge in [0.15, 0.2) is 0 Å². The summed E-state index contributed by atoms with van der Waals surface area (Å²) < 4.78 is 0. The van der Waals surface area contributed by atoms with E-state index in [1.54, 1.807) is 18.6 Å². The first kappa shape index (κ1) is 13.9. The van der Waals surface area contributed by atoms with E-state index in [0.717, 1.165) is 21.9 Å². The number of hydrogen-bond donors (Lipinski definition) is 1. The van der Waals surface area contributed by atoms with Crippen molar-refractivity contribution in [3.8, 4) is 0 Å². The molecule has 0 aliphatic heterocycles. The number of amides is 1. The third-order valence-corrected chi connectivity index (χ3v) is 3.32. The maximum atomic E-state index is 12.0. The topological polar surface area (TPSA) is 54.4 Å². The number of hydrogen-bond acceptors (Lipinski definition) is 3. The average Bonchev–Trinajstić information content (AvgIpc) is 2.56. The number of rotatable bonds is 4. The van der Waals surface area contributed by atoms with Gasteiger partial charge in [-0.3, -0.25) is 9.78 Å². The van der Waals surface area contributed by atoms with Crippen molar-refractivity contribution in [3.63, 3.8) is 0 Å². The number of benzene rings is 2. The van der Waals surface area contributed by atoms with E-state index in [-0.39, 0.29) is 5.91 Å². The SMILES string of the molecule is O=C(Cc1cccc2ccccc12)N/N=C/c1cccnc1.